The molecule has 0 saturated carbocycles. The molecule has 1 saturated heterocycles. The lowest BCUT2D eigenvalue weighted by molar-refractivity contribution is 0.118. The van der Waals surface area contributed by atoms with Crippen molar-refractivity contribution >= 4 is 17.5 Å². The van der Waals surface area contributed by atoms with Crippen molar-refractivity contribution in [3.63, 3.8) is 0 Å². The Kier molecular flexibility index (Phi) is 3.49. The van der Waals surface area contributed by atoms with E-state index >= 15 is 0 Å². The summed E-state index contributed by atoms with van der Waals surface area (Å²) in [6.45, 7) is 2.78. The van der Waals surface area contributed by atoms with Crippen LogP contribution in [0.4, 0.5) is 5.95 Å². The lowest BCUT2D eigenvalue weighted by Crippen LogP contribution is -2.38. The summed E-state index contributed by atoms with van der Waals surface area (Å²) in [7, 11) is 1.92. The van der Waals surface area contributed by atoms with Gasteiger partial charge in [-0.05, 0) is 24.9 Å². The van der Waals surface area contributed by atoms with Crippen LogP contribution in [0.5, 0.6) is 0 Å². The fourth-order valence-electron chi connectivity index (χ4n) is 2.28. The third-order valence-corrected chi connectivity index (χ3v) is 3.53. The molecule has 1 aliphatic heterocycles. The van der Waals surface area contributed by atoms with Gasteiger partial charge in [0.2, 0.25) is 11.2 Å². The summed E-state index contributed by atoms with van der Waals surface area (Å²) in [5.74, 6) is 0.841. The van der Waals surface area contributed by atoms with Crippen LogP contribution in [-0.4, -0.2) is 55.5 Å². The van der Waals surface area contributed by atoms with Crippen molar-refractivity contribution in [2.45, 2.75) is 25.5 Å². The van der Waals surface area contributed by atoms with Gasteiger partial charge in [0, 0.05) is 13.7 Å². The quantitative estimate of drug-likeness (QED) is 0.825. The molecule has 20 heavy (non-hydrogen) atoms. The van der Waals surface area contributed by atoms with Crippen LogP contribution in [-0.2, 0) is 4.74 Å². The zero-order valence-electron chi connectivity index (χ0n) is 11.1. The van der Waals surface area contributed by atoms with E-state index in [0.29, 0.717) is 11.9 Å². The maximum atomic E-state index is 5.97. The molecule has 0 amide bonds. The molecule has 106 valence electrons. The molecule has 0 aromatic carbocycles. The van der Waals surface area contributed by atoms with Gasteiger partial charge in [0.25, 0.3) is 5.95 Å². The fourth-order valence-corrected chi connectivity index (χ4v) is 2.43. The van der Waals surface area contributed by atoms with Crippen molar-refractivity contribution in [2.75, 3.05) is 18.6 Å². The molecule has 0 bridgehead atoms. The minimum absolute atomic E-state index is 0.124. The van der Waals surface area contributed by atoms with Crippen LogP contribution in [0.15, 0.2) is 12.7 Å². The normalized spacial score (nSPS) is 22.1. The molecule has 1 fully saturated rings. The highest BCUT2D eigenvalue weighted by Crippen LogP contribution is 2.22. The lowest BCUT2D eigenvalue weighted by atomic mass is 10.1. The Hall–Kier alpha value is -1.80. The zero-order chi connectivity index (χ0) is 14.1. The second-order valence-electron chi connectivity index (χ2n) is 4.59. The predicted molar refractivity (Wildman–Crippen MR) is 72.0 cm³/mol. The SMILES string of the molecule is CC1OCCC1N(C)c1nc(Cl)nc(-n2cncn2)n1. The first-order valence-corrected chi connectivity index (χ1v) is 6.64. The minimum Gasteiger partial charge on any atom is -0.376 e. The highest BCUT2D eigenvalue weighted by atomic mass is 35.5. The number of hydrogen-bond donors (Lipinski definition) is 0. The van der Waals surface area contributed by atoms with Crippen LogP contribution in [0.3, 0.4) is 0 Å². The van der Waals surface area contributed by atoms with E-state index in [4.69, 9.17) is 16.3 Å². The number of rotatable bonds is 3. The summed E-state index contributed by atoms with van der Waals surface area (Å²) >= 11 is 5.97. The van der Waals surface area contributed by atoms with E-state index in [9.17, 15) is 0 Å². The van der Waals surface area contributed by atoms with Gasteiger partial charge in [-0.25, -0.2) is 4.98 Å². The van der Waals surface area contributed by atoms with Crippen LogP contribution in [0, 0.1) is 0 Å². The molecule has 0 N–H and O–H groups in total. The monoisotopic (exact) mass is 295 g/mol. The summed E-state index contributed by atoms with van der Waals surface area (Å²) in [5.41, 5.74) is 0. The standard InChI is InChI=1S/C11H14ClN7O/c1-7-8(3-4-20-7)18(2)10-15-9(12)16-11(17-10)19-6-13-5-14-19/h5-8H,3-4H2,1-2H3. The molecule has 8 nitrogen and oxygen atoms in total. The van der Waals surface area contributed by atoms with Gasteiger partial charge >= 0.3 is 0 Å². The van der Waals surface area contributed by atoms with E-state index in [0.717, 1.165) is 13.0 Å². The van der Waals surface area contributed by atoms with Crippen LogP contribution in [0.1, 0.15) is 13.3 Å². The van der Waals surface area contributed by atoms with Crippen molar-refractivity contribution in [1.29, 1.82) is 0 Å². The second kappa shape index (κ2) is 5.29. The molecule has 0 radical (unpaired) electrons. The van der Waals surface area contributed by atoms with Crippen LogP contribution in [0.25, 0.3) is 5.95 Å². The molecule has 0 aliphatic carbocycles. The van der Waals surface area contributed by atoms with Crippen LogP contribution < -0.4 is 4.90 Å². The first-order chi connectivity index (χ1) is 9.65. The average Bonchev–Trinajstić information content (AvgIpc) is 3.08. The van der Waals surface area contributed by atoms with Crippen molar-refractivity contribution < 1.29 is 4.74 Å². The van der Waals surface area contributed by atoms with Gasteiger partial charge in [-0.15, -0.1) is 0 Å². The largest absolute Gasteiger partial charge is 0.376 e. The molecular weight excluding hydrogens is 282 g/mol. The predicted octanol–water partition coefficient (Wildman–Crippen LogP) is 0.719. The number of anilines is 1. The second-order valence-corrected chi connectivity index (χ2v) is 4.93. The van der Waals surface area contributed by atoms with Gasteiger partial charge in [0.15, 0.2) is 0 Å². The van der Waals surface area contributed by atoms with Crippen molar-refractivity contribution in [1.82, 2.24) is 29.7 Å². The third-order valence-electron chi connectivity index (χ3n) is 3.36. The van der Waals surface area contributed by atoms with Crippen LogP contribution in [0.2, 0.25) is 5.28 Å². The summed E-state index contributed by atoms with van der Waals surface area (Å²) < 4.78 is 7.01. The summed E-state index contributed by atoms with van der Waals surface area (Å²) in [4.78, 5) is 18.4. The highest BCUT2D eigenvalue weighted by molar-refractivity contribution is 6.28. The fraction of sp³-hybridized carbons (Fsp3) is 0.545. The Bertz CT molecular complexity index is 590. The Balaban J connectivity index is 1.93. The minimum atomic E-state index is 0.124. The topological polar surface area (TPSA) is 81.9 Å². The molecule has 3 heterocycles. The Morgan fingerprint density at radius 3 is 2.90 bits per heavy atom. The molecule has 1 aliphatic rings. The number of aromatic nitrogens is 6. The van der Waals surface area contributed by atoms with E-state index in [2.05, 4.69) is 25.0 Å². The number of ether oxygens (including phenoxy) is 1. The van der Waals surface area contributed by atoms with E-state index < -0.39 is 0 Å². The van der Waals surface area contributed by atoms with Crippen LogP contribution >= 0.6 is 11.6 Å². The molecule has 2 atom stereocenters. The van der Waals surface area contributed by atoms with E-state index in [-0.39, 0.29) is 17.4 Å². The van der Waals surface area contributed by atoms with Gasteiger partial charge in [-0.2, -0.15) is 24.7 Å². The maximum absolute atomic E-state index is 5.97. The Morgan fingerprint density at radius 1 is 1.40 bits per heavy atom. The molecule has 2 aromatic rings. The number of nitrogens with zero attached hydrogens (tertiary/aromatic N) is 7. The number of halogens is 1. The Morgan fingerprint density at radius 2 is 2.25 bits per heavy atom. The average molecular weight is 296 g/mol. The number of hydrogen-bond acceptors (Lipinski definition) is 7. The van der Waals surface area contributed by atoms with Crippen molar-refractivity contribution in [3.8, 4) is 5.95 Å². The lowest BCUT2D eigenvalue weighted by Gasteiger charge is -2.26. The van der Waals surface area contributed by atoms with Gasteiger partial charge in [-0.3, -0.25) is 0 Å². The molecule has 3 rings (SSSR count). The maximum Gasteiger partial charge on any atom is 0.258 e. The van der Waals surface area contributed by atoms with Gasteiger partial charge < -0.3 is 9.64 Å². The zero-order valence-corrected chi connectivity index (χ0v) is 11.9. The molecular formula is C11H14ClN7O. The van der Waals surface area contributed by atoms with E-state index in [1.54, 1.807) is 0 Å². The Labute approximate surface area is 120 Å². The molecule has 2 unspecified atom stereocenters. The van der Waals surface area contributed by atoms with E-state index in [1.807, 2.05) is 18.9 Å². The van der Waals surface area contributed by atoms with Crippen molar-refractivity contribution in [3.05, 3.63) is 17.9 Å². The van der Waals surface area contributed by atoms with Gasteiger partial charge in [0.05, 0.1) is 12.1 Å². The van der Waals surface area contributed by atoms with E-state index in [1.165, 1.54) is 17.3 Å². The highest BCUT2D eigenvalue weighted by Gasteiger charge is 2.29. The van der Waals surface area contributed by atoms with Crippen molar-refractivity contribution in [2.24, 2.45) is 0 Å². The first-order valence-electron chi connectivity index (χ1n) is 6.26. The summed E-state index contributed by atoms with van der Waals surface area (Å²) in [5, 5.41) is 4.12. The molecule has 0 spiro atoms. The molecule has 2 aromatic heterocycles. The third kappa shape index (κ3) is 2.44. The summed E-state index contributed by atoms with van der Waals surface area (Å²) in [6.07, 6.45) is 3.98. The summed E-state index contributed by atoms with van der Waals surface area (Å²) in [6, 6.07) is 0.220. The van der Waals surface area contributed by atoms with Gasteiger partial charge in [-0.1, -0.05) is 0 Å². The number of likely N-dealkylation sites (N-methyl/N-ethyl adjacent to an activating group) is 1. The molecule has 9 heteroatoms. The first kappa shape index (κ1) is 13.2. The smallest absolute Gasteiger partial charge is 0.258 e. The van der Waals surface area contributed by atoms with Gasteiger partial charge in [0.1, 0.15) is 12.7 Å².